The highest BCUT2D eigenvalue weighted by Crippen LogP contribution is 2.12. The maximum atomic E-state index is 5.65. The topological polar surface area (TPSA) is 34.1 Å². The first kappa shape index (κ1) is 13.1. The van der Waals surface area contributed by atoms with Crippen LogP contribution in [0.3, 0.4) is 0 Å². The summed E-state index contributed by atoms with van der Waals surface area (Å²) in [7, 11) is 0. The molecule has 0 aliphatic rings. The molecule has 4 heteroatoms. The molecule has 0 spiro atoms. The Labute approximate surface area is 112 Å². The fourth-order valence-corrected chi connectivity index (χ4v) is 2.35. The van der Waals surface area contributed by atoms with Crippen molar-refractivity contribution in [2.75, 3.05) is 13.2 Å². The molecule has 96 valence electrons. The van der Waals surface area contributed by atoms with E-state index in [0.717, 1.165) is 36.0 Å². The zero-order valence-corrected chi connectivity index (χ0v) is 11.4. The van der Waals surface area contributed by atoms with Crippen molar-refractivity contribution < 1.29 is 4.74 Å². The van der Waals surface area contributed by atoms with Crippen LogP contribution in [0.5, 0.6) is 5.75 Å². The monoisotopic (exact) mass is 262 g/mol. The quantitative estimate of drug-likeness (QED) is 0.833. The summed E-state index contributed by atoms with van der Waals surface area (Å²) in [5.74, 6) is 0.918. The molecule has 0 bridgehead atoms. The molecule has 0 saturated heterocycles. The Morgan fingerprint density at radius 1 is 1.28 bits per heavy atom. The number of benzene rings is 1. The van der Waals surface area contributed by atoms with Gasteiger partial charge in [0.15, 0.2) is 0 Å². The summed E-state index contributed by atoms with van der Waals surface area (Å²) in [4.78, 5) is 4.55. The molecular formula is C14H18N2OS. The highest BCUT2D eigenvalue weighted by Gasteiger charge is 2.02. The van der Waals surface area contributed by atoms with E-state index in [-0.39, 0.29) is 0 Å². The van der Waals surface area contributed by atoms with Crippen LogP contribution in [0.4, 0.5) is 0 Å². The maximum absolute atomic E-state index is 5.65. The van der Waals surface area contributed by atoms with Crippen molar-refractivity contribution in [3.8, 4) is 5.75 Å². The summed E-state index contributed by atoms with van der Waals surface area (Å²) in [6.45, 7) is 4.61. The average molecular weight is 262 g/mol. The van der Waals surface area contributed by atoms with Crippen molar-refractivity contribution in [1.82, 2.24) is 10.3 Å². The second-order valence-electron chi connectivity index (χ2n) is 3.92. The van der Waals surface area contributed by atoms with Gasteiger partial charge in [-0.15, -0.1) is 11.3 Å². The molecule has 1 heterocycles. The number of aromatic nitrogens is 1. The van der Waals surface area contributed by atoms with Gasteiger partial charge in [-0.1, -0.05) is 25.1 Å². The van der Waals surface area contributed by atoms with Gasteiger partial charge in [-0.05, 0) is 18.7 Å². The molecule has 0 atom stereocenters. The van der Waals surface area contributed by atoms with E-state index in [9.17, 15) is 0 Å². The molecule has 18 heavy (non-hydrogen) atoms. The number of nitrogens with zero attached hydrogens (tertiary/aromatic N) is 1. The Balaban J connectivity index is 1.75. The number of thiazole rings is 1. The fourth-order valence-electron chi connectivity index (χ4n) is 1.57. The van der Waals surface area contributed by atoms with Crippen molar-refractivity contribution in [3.63, 3.8) is 0 Å². The van der Waals surface area contributed by atoms with Crippen LogP contribution >= 0.6 is 11.3 Å². The highest BCUT2D eigenvalue weighted by atomic mass is 32.1. The third-order valence-electron chi connectivity index (χ3n) is 2.48. The number of hydrogen-bond acceptors (Lipinski definition) is 4. The molecule has 2 rings (SSSR count). The summed E-state index contributed by atoms with van der Waals surface area (Å²) >= 11 is 1.70. The molecule has 2 aromatic rings. The summed E-state index contributed by atoms with van der Waals surface area (Å²) < 4.78 is 5.65. The van der Waals surface area contributed by atoms with Gasteiger partial charge in [-0.2, -0.15) is 0 Å². The van der Waals surface area contributed by atoms with Crippen LogP contribution in [0.2, 0.25) is 0 Å². The van der Waals surface area contributed by atoms with Crippen molar-refractivity contribution in [2.45, 2.75) is 19.9 Å². The molecule has 0 aliphatic carbocycles. The van der Waals surface area contributed by atoms with E-state index in [0.29, 0.717) is 6.61 Å². The van der Waals surface area contributed by atoms with Gasteiger partial charge in [0.25, 0.3) is 0 Å². The van der Waals surface area contributed by atoms with Gasteiger partial charge in [0, 0.05) is 18.3 Å². The molecule has 1 aromatic heterocycles. The second-order valence-corrected chi connectivity index (χ2v) is 4.87. The van der Waals surface area contributed by atoms with Crippen LogP contribution in [-0.2, 0) is 13.0 Å². The molecule has 0 amide bonds. The third kappa shape index (κ3) is 4.13. The maximum Gasteiger partial charge on any atom is 0.119 e. The number of nitrogens with one attached hydrogen (secondary N) is 1. The smallest absolute Gasteiger partial charge is 0.119 e. The standard InChI is InChI=1S/C14H18N2OS/c1-2-15-10-12-11-18-14(16-12)8-9-17-13-6-4-3-5-7-13/h3-7,11,15H,2,8-10H2,1H3. The van der Waals surface area contributed by atoms with Gasteiger partial charge in [0.1, 0.15) is 5.75 Å². The van der Waals surface area contributed by atoms with E-state index in [4.69, 9.17) is 4.74 Å². The molecule has 0 aliphatic heterocycles. The van der Waals surface area contributed by atoms with E-state index >= 15 is 0 Å². The largest absolute Gasteiger partial charge is 0.493 e. The van der Waals surface area contributed by atoms with Crippen LogP contribution in [0.15, 0.2) is 35.7 Å². The van der Waals surface area contributed by atoms with Crippen LogP contribution in [-0.4, -0.2) is 18.1 Å². The lowest BCUT2D eigenvalue weighted by Gasteiger charge is -2.03. The molecule has 1 aromatic carbocycles. The van der Waals surface area contributed by atoms with Gasteiger partial charge in [0.05, 0.1) is 17.3 Å². The summed E-state index contributed by atoms with van der Waals surface area (Å²) in [5, 5.41) is 6.52. The zero-order valence-electron chi connectivity index (χ0n) is 10.6. The van der Waals surface area contributed by atoms with Crippen LogP contribution in [0.25, 0.3) is 0 Å². The first-order valence-electron chi connectivity index (χ1n) is 6.20. The number of rotatable bonds is 7. The van der Waals surface area contributed by atoms with Crippen LogP contribution in [0, 0.1) is 0 Å². The van der Waals surface area contributed by atoms with Gasteiger partial charge >= 0.3 is 0 Å². The van der Waals surface area contributed by atoms with Gasteiger partial charge in [0.2, 0.25) is 0 Å². The Morgan fingerprint density at radius 3 is 2.89 bits per heavy atom. The van der Waals surface area contributed by atoms with Crippen molar-refractivity contribution in [3.05, 3.63) is 46.4 Å². The molecule has 3 nitrogen and oxygen atoms in total. The third-order valence-corrected chi connectivity index (χ3v) is 3.44. The minimum Gasteiger partial charge on any atom is -0.493 e. The number of ether oxygens (including phenoxy) is 1. The minimum atomic E-state index is 0.679. The minimum absolute atomic E-state index is 0.679. The molecule has 0 unspecified atom stereocenters. The highest BCUT2D eigenvalue weighted by molar-refractivity contribution is 7.09. The SMILES string of the molecule is CCNCc1csc(CCOc2ccccc2)n1. The van der Waals surface area contributed by atoms with E-state index in [2.05, 4.69) is 22.6 Å². The van der Waals surface area contributed by atoms with Gasteiger partial charge in [-0.3, -0.25) is 0 Å². The number of hydrogen-bond donors (Lipinski definition) is 1. The second kappa shape index (κ2) is 7.13. The predicted molar refractivity (Wildman–Crippen MR) is 75.1 cm³/mol. The predicted octanol–water partition coefficient (Wildman–Crippen LogP) is 2.87. The van der Waals surface area contributed by atoms with Crippen molar-refractivity contribution in [2.24, 2.45) is 0 Å². The van der Waals surface area contributed by atoms with E-state index in [1.807, 2.05) is 30.3 Å². The first-order chi connectivity index (χ1) is 8.88. The molecule has 0 radical (unpaired) electrons. The lowest BCUT2D eigenvalue weighted by Crippen LogP contribution is -2.12. The lowest BCUT2D eigenvalue weighted by atomic mass is 10.3. The molecule has 0 saturated carbocycles. The Bertz CT molecular complexity index is 456. The van der Waals surface area contributed by atoms with Crippen molar-refractivity contribution >= 4 is 11.3 Å². The molecule has 1 N–H and O–H groups in total. The van der Waals surface area contributed by atoms with E-state index < -0.39 is 0 Å². The van der Waals surface area contributed by atoms with Gasteiger partial charge in [-0.25, -0.2) is 4.98 Å². The van der Waals surface area contributed by atoms with Crippen molar-refractivity contribution in [1.29, 1.82) is 0 Å². The van der Waals surface area contributed by atoms with E-state index in [1.165, 1.54) is 0 Å². The normalized spacial score (nSPS) is 10.5. The summed E-state index contributed by atoms with van der Waals surface area (Å²) in [6.07, 6.45) is 0.867. The van der Waals surface area contributed by atoms with Crippen LogP contribution < -0.4 is 10.1 Å². The Kier molecular flexibility index (Phi) is 5.17. The fraction of sp³-hybridized carbons (Fsp3) is 0.357. The van der Waals surface area contributed by atoms with Gasteiger partial charge < -0.3 is 10.1 Å². The molecule has 0 fully saturated rings. The Hall–Kier alpha value is -1.39. The van der Waals surface area contributed by atoms with Crippen LogP contribution in [0.1, 0.15) is 17.6 Å². The lowest BCUT2D eigenvalue weighted by molar-refractivity contribution is 0.321. The first-order valence-corrected chi connectivity index (χ1v) is 7.08. The summed E-state index contributed by atoms with van der Waals surface area (Å²) in [5.41, 5.74) is 1.12. The Morgan fingerprint density at radius 2 is 2.11 bits per heavy atom. The van der Waals surface area contributed by atoms with E-state index in [1.54, 1.807) is 11.3 Å². The number of para-hydroxylation sites is 1. The zero-order chi connectivity index (χ0) is 12.6. The average Bonchev–Trinajstić information content (AvgIpc) is 2.85. The summed E-state index contributed by atoms with van der Waals surface area (Å²) in [6, 6.07) is 9.89. The molecular weight excluding hydrogens is 244 g/mol.